The molecule has 1 heterocycles. The zero-order chi connectivity index (χ0) is 12.9. The monoisotopic (exact) mass is 252 g/mol. The first-order valence-corrected chi connectivity index (χ1v) is 5.68. The molecular formula is C11H19F3N2O. The Bertz CT molecular complexity index is 245. The molecule has 0 amide bonds. The SMILES string of the molecule is C=CC[C@@H](NN1CCC[C@H]1COC)C(F)(F)F. The highest BCUT2D eigenvalue weighted by Crippen LogP contribution is 2.25. The number of hydrogen-bond donors (Lipinski definition) is 1. The summed E-state index contributed by atoms with van der Waals surface area (Å²) in [6.07, 6.45) is -1.35. The average Bonchev–Trinajstić information content (AvgIpc) is 2.64. The summed E-state index contributed by atoms with van der Waals surface area (Å²) in [5, 5.41) is 1.64. The summed E-state index contributed by atoms with van der Waals surface area (Å²) in [5.74, 6) is 0. The van der Waals surface area contributed by atoms with E-state index in [9.17, 15) is 13.2 Å². The van der Waals surface area contributed by atoms with Crippen LogP contribution in [-0.4, -0.2) is 43.5 Å². The summed E-state index contributed by atoms with van der Waals surface area (Å²) >= 11 is 0. The molecule has 0 radical (unpaired) electrons. The van der Waals surface area contributed by atoms with Crippen molar-refractivity contribution in [3.63, 3.8) is 0 Å². The third kappa shape index (κ3) is 4.29. The van der Waals surface area contributed by atoms with Crippen LogP contribution < -0.4 is 5.43 Å². The number of alkyl halides is 3. The van der Waals surface area contributed by atoms with Gasteiger partial charge in [-0.15, -0.1) is 6.58 Å². The normalized spacial score (nSPS) is 23.9. The Morgan fingerprint density at radius 3 is 2.82 bits per heavy atom. The summed E-state index contributed by atoms with van der Waals surface area (Å²) in [7, 11) is 1.56. The molecule has 6 heteroatoms. The van der Waals surface area contributed by atoms with Crippen LogP contribution in [0.1, 0.15) is 19.3 Å². The highest BCUT2D eigenvalue weighted by Gasteiger charge is 2.41. The quantitative estimate of drug-likeness (QED) is 0.733. The molecule has 0 spiro atoms. The van der Waals surface area contributed by atoms with Gasteiger partial charge in [-0.2, -0.15) is 13.2 Å². The van der Waals surface area contributed by atoms with E-state index < -0.39 is 12.2 Å². The number of hydrogen-bond acceptors (Lipinski definition) is 3. The van der Waals surface area contributed by atoms with Crippen LogP contribution in [0, 0.1) is 0 Å². The predicted octanol–water partition coefficient (Wildman–Crippen LogP) is 2.11. The Morgan fingerprint density at radius 2 is 2.29 bits per heavy atom. The van der Waals surface area contributed by atoms with Gasteiger partial charge in [0.05, 0.1) is 6.61 Å². The van der Waals surface area contributed by atoms with Gasteiger partial charge < -0.3 is 4.74 Å². The second-order valence-corrected chi connectivity index (χ2v) is 4.19. The lowest BCUT2D eigenvalue weighted by molar-refractivity contribution is -0.169. The molecule has 1 saturated heterocycles. The van der Waals surface area contributed by atoms with Crippen molar-refractivity contribution < 1.29 is 17.9 Å². The summed E-state index contributed by atoms with van der Waals surface area (Å²) < 4.78 is 43.1. The Balaban J connectivity index is 2.56. The zero-order valence-electron chi connectivity index (χ0n) is 9.96. The molecule has 0 aromatic rings. The van der Waals surface area contributed by atoms with Crippen molar-refractivity contribution in [1.82, 2.24) is 10.4 Å². The number of methoxy groups -OCH3 is 1. The Kier molecular flexibility index (Phi) is 5.42. The fourth-order valence-corrected chi connectivity index (χ4v) is 2.00. The molecule has 100 valence electrons. The molecule has 0 saturated carbocycles. The molecule has 1 N–H and O–H groups in total. The van der Waals surface area contributed by atoms with Gasteiger partial charge in [0.15, 0.2) is 0 Å². The van der Waals surface area contributed by atoms with E-state index in [2.05, 4.69) is 12.0 Å². The molecule has 0 aliphatic carbocycles. The van der Waals surface area contributed by atoms with Gasteiger partial charge in [0.1, 0.15) is 6.04 Å². The largest absolute Gasteiger partial charge is 0.405 e. The first-order chi connectivity index (χ1) is 7.99. The van der Waals surface area contributed by atoms with E-state index in [0.717, 1.165) is 12.8 Å². The van der Waals surface area contributed by atoms with Gasteiger partial charge in [-0.25, -0.2) is 10.4 Å². The van der Waals surface area contributed by atoms with Crippen LogP contribution in [0.3, 0.4) is 0 Å². The van der Waals surface area contributed by atoms with E-state index in [0.29, 0.717) is 13.2 Å². The molecule has 3 nitrogen and oxygen atoms in total. The van der Waals surface area contributed by atoms with Crippen molar-refractivity contribution in [2.75, 3.05) is 20.3 Å². The summed E-state index contributed by atoms with van der Waals surface area (Å²) in [4.78, 5) is 0. The lowest BCUT2D eigenvalue weighted by Crippen LogP contribution is -2.53. The van der Waals surface area contributed by atoms with Crippen LogP contribution in [0.15, 0.2) is 12.7 Å². The molecule has 0 bridgehead atoms. The first-order valence-electron chi connectivity index (χ1n) is 5.68. The topological polar surface area (TPSA) is 24.5 Å². The van der Waals surface area contributed by atoms with Crippen LogP contribution >= 0.6 is 0 Å². The van der Waals surface area contributed by atoms with E-state index in [4.69, 9.17) is 4.74 Å². The lowest BCUT2D eigenvalue weighted by Gasteiger charge is -2.30. The molecular weight excluding hydrogens is 233 g/mol. The molecule has 1 aliphatic rings. The van der Waals surface area contributed by atoms with Crippen LogP contribution in [0.2, 0.25) is 0 Å². The fraction of sp³-hybridized carbons (Fsp3) is 0.818. The number of halogens is 3. The average molecular weight is 252 g/mol. The van der Waals surface area contributed by atoms with E-state index in [-0.39, 0.29) is 12.5 Å². The maximum absolute atomic E-state index is 12.7. The van der Waals surface area contributed by atoms with Crippen LogP contribution in [0.4, 0.5) is 13.2 Å². The standard InChI is InChI=1S/C11H19F3N2O/c1-3-5-10(11(12,13)14)15-16-7-4-6-9(16)8-17-2/h3,9-10,15H,1,4-8H2,2H3/t9-,10+/m0/s1. The molecule has 1 fully saturated rings. The minimum Gasteiger partial charge on any atom is -0.383 e. The molecule has 0 unspecified atom stereocenters. The van der Waals surface area contributed by atoms with Crippen LogP contribution in [0.25, 0.3) is 0 Å². The number of nitrogens with zero attached hydrogens (tertiary/aromatic N) is 1. The summed E-state index contributed by atoms with van der Waals surface area (Å²) in [6.45, 7) is 4.43. The smallest absolute Gasteiger partial charge is 0.383 e. The number of hydrazine groups is 1. The minimum atomic E-state index is -4.26. The first kappa shape index (κ1) is 14.5. The molecule has 0 aromatic heterocycles. The van der Waals surface area contributed by atoms with E-state index in [1.165, 1.54) is 6.08 Å². The third-order valence-electron chi connectivity index (χ3n) is 2.86. The van der Waals surface area contributed by atoms with Crippen molar-refractivity contribution in [3.05, 3.63) is 12.7 Å². The van der Waals surface area contributed by atoms with Gasteiger partial charge in [-0.3, -0.25) is 0 Å². The summed E-state index contributed by atoms with van der Waals surface area (Å²) in [6, 6.07) is -1.54. The van der Waals surface area contributed by atoms with E-state index >= 15 is 0 Å². The molecule has 1 aliphatic heterocycles. The van der Waals surface area contributed by atoms with Gasteiger partial charge in [-0.05, 0) is 19.3 Å². The maximum atomic E-state index is 12.7. The Labute approximate surface area is 99.6 Å². The minimum absolute atomic E-state index is 0.0228. The van der Waals surface area contributed by atoms with Gasteiger partial charge >= 0.3 is 6.18 Å². The van der Waals surface area contributed by atoms with Crippen molar-refractivity contribution in [1.29, 1.82) is 0 Å². The number of nitrogens with one attached hydrogen (secondary N) is 1. The maximum Gasteiger partial charge on any atom is 0.405 e. The van der Waals surface area contributed by atoms with Crippen molar-refractivity contribution in [2.24, 2.45) is 0 Å². The van der Waals surface area contributed by atoms with Gasteiger partial charge in [0, 0.05) is 19.7 Å². The fourth-order valence-electron chi connectivity index (χ4n) is 2.00. The predicted molar refractivity (Wildman–Crippen MR) is 59.4 cm³/mol. The third-order valence-corrected chi connectivity index (χ3v) is 2.86. The van der Waals surface area contributed by atoms with Crippen molar-refractivity contribution in [3.8, 4) is 0 Å². The van der Waals surface area contributed by atoms with E-state index in [1.54, 1.807) is 12.1 Å². The summed E-state index contributed by atoms with van der Waals surface area (Å²) in [5.41, 5.74) is 2.55. The highest BCUT2D eigenvalue weighted by atomic mass is 19.4. The van der Waals surface area contributed by atoms with Crippen LogP contribution in [0.5, 0.6) is 0 Å². The highest BCUT2D eigenvalue weighted by molar-refractivity contribution is 4.85. The van der Waals surface area contributed by atoms with Gasteiger partial charge in [0.25, 0.3) is 0 Å². The van der Waals surface area contributed by atoms with Crippen molar-refractivity contribution >= 4 is 0 Å². The van der Waals surface area contributed by atoms with E-state index in [1.807, 2.05) is 0 Å². The lowest BCUT2D eigenvalue weighted by atomic mass is 10.2. The zero-order valence-corrected chi connectivity index (χ0v) is 9.96. The second kappa shape index (κ2) is 6.37. The Hall–Kier alpha value is -0.590. The number of ether oxygens (including phenoxy) is 1. The van der Waals surface area contributed by atoms with Gasteiger partial charge in [-0.1, -0.05) is 6.08 Å². The van der Waals surface area contributed by atoms with Crippen LogP contribution in [-0.2, 0) is 4.74 Å². The second-order valence-electron chi connectivity index (χ2n) is 4.19. The molecule has 17 heavy (non-hydrogen) atoms. The molecule has 2 atom stereocenters. The number of rotatable bonds is 6. The van der Waals surface area contributed by atoms with Gasteiger partial charge in [0.2, 0.25) is 0 Å². The molecule has 1 rings (SSSR count). The van der Waals surface area contributed by atoms with Crippen molar-refractivity contribution in [2.45, 2.75) is 37.5 Å². The Morgan fingerprint density at radius 1 is 1.59 bits per heavy atom. The molecule has 0 aromatic carbocycles.